The van der Waals surface area contributed by atoms with Gasteiger partial charge in [-0.2, -0.15) is 0 Å². The Balaban J connectivity index is 2.17. The lowest BCUT2D eigenvalue weighted by Gasteiger charge is -2.10. The zero-order chi connectivity index (χ0) is 14.9. The van der Waals surface area contributed by atoms with E-state index in [1.807, 2.05) is 19.1 Å². The van der Waals surface area contributed by atoms with Gasteiger partial charge in [0.15, 0.2) is 0 Å². The van der Waals surface area contributed by atoms with Crippen LogP contribution >= 0.6 is 27.5 Å². The van der Waals surface area contributed by atoms with Crippen molar-refractivity contribution < 1.29 is 14.3 Å². The summed E-state index contributed by atoms with van der Waals surface area (Å²) in [6, 6.07) is 5.28. The Kier molecular flexibility index (Phi) is 4.40. The van der Waals surface area contributed by atoms with Crippen molar-refractivity contribution in [2.75, 3.05) is 5.32 Å². The molecule has 2 aromatic rings. The molecule has 0 aliphatic carbocycles. The van der Waals surface area contributed by atoms with Crippen molar-refractivity contribution >= 4 is 39.2 Å². The lowest BCUT2D eigenvalue weighted by molar-refractivity contribution is 0.0661. The van der Waals surface area contributed by atoms with Gasteiger partial charge in [0.05, 0.1) is 5.69 Å². The standard InChI is InChI=1S/C14H13BrClNO3/c1-7-3-10(15)12(5-11(7)16)17-6-9-4-13(14(18)19)20-8(9)2/h3-5,17H,6H2,1-2H3,(H,18,19). The fraction of sp³-hybridized carbons (Fsp3) is 0.214. The maximum absolute atomic E-state index is 10.8. The smallest absolute Gasteiger partial charge is 0.371 e. The number of anilines is 1. The summed E-state index contributed by atoms with van der Waals surface area (Å²) in [6.07, 6.45) is 0. The predicted octanol–water partition coefficient (Wildman–Crippen LogP) is 4.62. The van der Waals surface area contributed by atoms with E-state index in [2.05, 4.69) is 21.2 Å². The third-order valence-corrected chi connectivity index (χ3v) is 4.01. The van der Waals surface area contributed by atoms with Crippen LogP contribution in [-0.4, -0.2) is 11.1 Å². The first-order valence-electron chi connectivity index (χ1n) is 5.90. The molecule has 0 radical (unpaired) electrons. The molecule has 0 amide bonds. The predicted molar refractivity (Wildman–Crippen MR) is 81.6 cm³/mol. The molecule has 0 unspecified atom stereocenters. The zero-order valence-corrected chi connectivity index (χ0v) is 13.3. The van der Waals surface area contributed by atoms with Crippen molar-refractivity contribution in [2.45, 2.75) is 20.4 Å². The molecule has 2 rings (SSSR count). The minimum Gasteiger partial charge on any atom is -0.475 e. The highest BCUT2D eigenvalue weighted by Gasteiger charge is 2.13. The molecule has 0 aliphatic rings. The van der Waals surface area contributed by atoms with Crippen molar-refractivity contribution in [3.8, 4) is 0 Å². The molecule has 6 heteroatoms. The van der Waals surface area contributed by atoms with Crippen LogP contribution in [0.15, 0.2) is 27.1 Å². The largest absolute Gasteiger partial charge is 0.475 e. The number of aromatic carboxylic acids is 1. The Bertz CT molecular complexity index is 667. The molecule has 20 heavy (non-hydrogen) atoms. The van der Waals surface area contributed by atoms with Crippen LogP contribution in [0.2, 0.25) is 5.02 Å². The summed E-state index contributed by atoms with van der Waals surface area (Å²) in [6.45, 7) is 4.12. The van der Waals surface area contributed by atoms with Gasteiger partial charge in [-0.1, -0.05) is 11.6 Å². The van der Waals surface area contributed by atoms with E-state index >= 15 is 0 Å². The zero-order valence-electron chi connectivity index (χ0n) is 11.0. The minimum absolute atomic E-state index is 0.0553. The van der Waals surface area contributed by atoms with Gasteiger partial charge in [-0.3, -0.25) is 0 Å². The van der Waals surface area contributed by atoms with Crippen molar-refractivity contribution in [2.24, 2.45) is 0 Å². The van der Waals surface area contributed by atoms with E-state index < -0.39 is 5.97 Å². The first kappa shape index (κ1) is 14.9. The summed E-state index contributed by atoms with van der Waals surface area (Å²) in [5.74, 6) is -0.538. The highest BCUT2D eigenvalue weighted by Crippen LogP contribution is 2.29. The van der Waals surface area contributed by atoms with Crippen LogP contribution in [0.5, 0.6) is 0 Å². The average Bonchev–Trinajstić information content (AvgIpc) is 2.74. The summed E-state index contributed by atoms with van der Waals surface area (Å²) < 4.78 is 6.06. The molecular formula is C14H13BrClNO3. The first-order valence-corrected chi connectivity index (χ1v) is 7.07. The molecular weight excluding hydrogens is 346 g/mol. The highest BCUT2D eigenvalue weighted by molar-refractivity contribution is 9.10. The van der Waals surface area contributed by atoms with E-state index in [1.165, 1.54) is 6.07 Å². The maximum Gasteiger partial charge on any atom is 0.371 e. The summed E-state index contributed by atoms with van der Waals surface area (Å²) in [4.78, 5) is 10.8. The van der Waals surface area contributed by atoms with Gasteiger partial charge in [-0.25, -0.2) is 4.79 Å². The van der Waals surface area contributed by atoms with Gasteiger partial charge in [-0.05, 0) is 53.5 Å². The molecule has 0 aliphatic heterocycles. The van der Waals surface area contributed by atoms with E-state index in [0.29, 0.717) is 17.3 Å². The third-order valence-electron chi connectivity index (χ3n) is 2.95. The third kappa shape index (κ3) is 3.16. The summed E-state index contributed by atoms with van der Waals surface area (Å²) in [5.41, 5.74) is 2.63. The summed E-state index contributed by atoms with van der Waals surface area (Å²) in [5, 5.41) is 12.8. The number of aryl methyl sites for hydroxylation is 2. The minimum atomic E-state index is -1.07. The molecule has 106 valence electrons. The number of hydrogen-bond donors (Lipinski definition) is 2. The van der Waals surface area contributed by atoms with E-state index in [4.69, 9.17) is 21.1 Å². The number of benzene rings is 1. The van der Waals surface area contributed by atoms with Crippen molar-refractivity contribution in [1.29, 1.82) is 0 Å². The van der Waals surface area contributed by atoms with Crippen molar-refractivity contribution in [3.05, 3.63) is 50.3 Å². The van der Waals surface area contributed by atoms with Gasteiger partial charge >= 0.3 is 5.97 Å². The first-order chi connectivity index (χ1) is 9.38. The van der Waals surface area contributed by atoms with Gasteiger partial charge in [-0.15, -0.1) is 0 Å². The number of furan rings is 1. The topological polar surface area (TPSA) is 62.5 Å². The number of nitrogens with one attached hydrogen (secondary N) is 1. The average molecular weight is 359 g/mol. The van der Waals surface area contributed by atoms with Crippen LogP contribution in [0.4, 0.5) is 5.69 Å². The van der Waals surface area contributed by atoms with Gasteiger partial charge in [0.25, 0.3) is 0 Å². The van der Waals surface area contributed by atoms with Gasteiger partial charge in [0.2, 0.25) is 5.76 Å². The number of carboxylic acids is 1. The number of halogens is 2. The Hall–Kier alpha value is -1.46. The number of carbonyl (C=O) groups is 1. The molecule has 1 heterocycles. The quantitative estimate of drug-likeness (QED) is 0.837. The van der Waals surface area contributed by atoms with Crippen LogP contribution in [0, 0.1) is 13.8 Å². The van der Waals surface area contributed by atoms with Gasteiger partial charge in [0, 0.05) is 21.6 Å². The molecule has 0 saturated carbocycles. The molecule has 1 aromatic heterocycles. The number of rotatable bonds is 4. The molecule has 0 bridgehead atoms. The second-order valence-corrected chi connectivity index (χ2v) is 5.69. The van der Waals surface area contributed by atoms with E-state index in [9.17, 15) is 4.79 Å². The summed E-state index contributed by atoms with van der Waals surface area (Å²) >= 11 is 9.55. The normalized spacial score (nSPS) is 10.6. The molecule has 0 saturated heterocycles. The lowest BCUT2D eigenvalue weighted by atomic mass is 10.2. The molecule has 0 fully saturated rings. The van der Waals surface area contributed by atoms with Crippen molar-refractivity contribution in [1.82, 2.24) is 0 Å². The van der Waals surface area contributed by atoms with Crippen LogP contribution in [-0.2, 0) is 6.54 Å². The van der Waals surface area contributed by atoms with Crippen LogP contribution < -0.4 is 5.32 Å². The molecule has 0 atom stereocenters. The Labute approximate surface area is 129 Å². The Morgan fingerprint density at radius 1 is 1.40 bits per heavy atom. The van der Waals surface area contributed by atoms with Gasteiger partial charge in [0.1, 0.15) is 5.76 Å². The van der Waals surface area contributed by atoms with E-state index in [1.54, 1.807) is 6.92 Å². The van der Waals surface area contributed by atoms with Crippen LogP contribution in [0.3, 0.4) is 0 Å². The van der Waals surface area contributed by atoms with Crippen molar-refractivity contribution in [3.63, 3.8) is 0 Å². The molecule has 4 nitrogen and oxygen atoms in total. The van der Waals surface area contributed by atoms with Crippen LogP contribution in [0.1, 0.15) is 27.4 Å². The Morgan fingerprint density at radius 3 is 2.70 bits per heavy atom. The fourth-order valence-electron chi connectivity index (χ4n) is 1.77. The van der Waals surface area contributed by atoms with E-state index in [-0.39, 0.29) is 5.76 Å². The Morgan fingerprint density at radius 2 is 2.10 bits per heavy atom. The number of hydrogen-bond acceptors (Lipinski definition) is 3. The SMILES string of the molecule is Cc1cc(Br)c(NCc2cc(C(=O)O)oc2C)cc1Cl. The second-order valence-electron chi connectivity index (χ2n) is 4.43. The molecule has 2 N–H and O–H groups in total. The molecule has 0 spiro atoms. The monoisotopic (exact) mass is 357 g/mol. The lowest BCUT2D eigenvalue weighted by Crippen LogP contribution is -2.01. The highest BCUT2D eigenvalue weighted by atomic mass is 79.9. The second kappa shape index (κ2) is 5.89. The van der Waals surface area contributed by atoms with E-state index in [0.717, 1.165) is 21.3 Å². The number of carboxylic acid groups (broad SMARTS) is 1. The maximum atomic E-state index is 10.8. The van der Waals surface area contributed by atoms with Crippen LogP contribution in [0.25, 0.3) is 0 Å². The fourth-order valence-corrected chi connectivity index (χ4v) is 2.53. The summed E-state index contributed by atoms with van der Waals surface area (Å²) in [7, 11) is 0. The van der Waals surface area contributed by atoms with Gasteiger partial charge < -0.3 is 14.8 Å². The molecule has 1 aromatic carbocycles.